The number of nitrogen functional groups attached to an aromatic ring is 1. The highest BCUT2D eigenvalue weighted by molar-refractivity contribution is 5.60. The molecule has 0 radical (unpaired) electrons. The highest BCUT2D eigenvalue weighted by atomic mass is 16.5. The van der Waals surface area contributed by atoms with Gasteiger partial charge in [-0.25, -0.2) is 0 Å². The Morgan fingerprint density at radius 1 is 1.24 bits per heavy atom. The quantitative estimate of drug-likeness (QED) is 0.562. The van der Waals surface area contributed by atoms with Crippen molar-refractivity contribution in [3.05, 3.63) is 18.2 Å². The molecule has 0 atom stereocenters. The lowest BCUT2D eigenvalue weighted by molar-refractivity contribution is 0.283. The average molecular weight is 238 g/mol. The molecule has 0 spiro atoms. The molecule has 0 unspecified atom stereocenters. The lowest BCUT2D eigenvalue weighted by Gasteiger charge is -2.20. The monoisotopic (exact) mass is 238 g/mol. The second kappa shape index (κ2) is 7.01. The topological polar surface area (TPSA) is 58.7 Å². The third kappa shape index (κ3) is 4.53. The fraction of sp³-hybridized carbons (Fsp3) is 0.538. The Bertz CT molecular complexity index is 342. The van der Waals surface area contributed by atoms with Crippen LogP contribution in [0, 0.1) is 0 Å². The van der Waals surface area contributed by atoms with E-state index in [1.165, 1.54) is 0 Å². The van der Waals surface area contributed by atoms with E-state index in [0.717, 1.165) is 37.2 Å². The van der Waals surface area contributed by atoms with E-state index in [2.05, 4.69) is 4.90 Å². The smallest absolute Gasteiger partial charge is 0.122 e. The zero-order chi connectivity index (χ0) is 12.7. The summed E-state index contributed by atoms with van der Waals surface area (Å²) in [5.74, 6) is 0.780. The molecule has 3 N–H and O–H groups in total. The maximum absolute atomic E-state index is 8.71. The first-order valence-electron chi connectivity index (χ1n) is 5.94. The van der Waals surface area contributed by atoms with Crippen LogP contribution in [0.25, 0.3) is 0 Å². The highest BCUT2D eigenvalue weighted by Crippen LogP contribution is 2.24. The predicted molar refractivity (Wildman–Crippen MR) is 71.6 cm³/mol. The summed E-state index contributed by atoms with van der Waals surface area (Å²) in [7, 11) is 3.67. The molecule has 0 saturated carbocycles. The summed E-state index contributed by atoms with van der Waals surface area (Å²) in [5, 5.41) is 8.71. The van der Waals surface area contributed by atoms with Gasteiger partial charge in [0.25, 0.3) is 0 Å². The summed E-state index contributed by atoms with van der Waals surface area (Å²) in [6, 6.07) is 5.72. The molecule has 17 heavy (non-hydrogen) atoms. The molecule has 1 rings (SSSR count). The van der Waals surface area contributed by atoms with Crippen molar-refractivity contribution in [3.8, 4) is 5.75 Å². The number of rotatable bonds is 7. The lowest BCUT2D eigenvalue weighted by atomic mass is 10.2. The molecule has 0 aromatic heterocycles. The maximum Gasteiger partial charge on any atom is 0.122 e. The van der Waals surface area contributed by atoms with Crippen LogP contribution >= 0.6 is 0 Å². The Labute approximate surface area is 103 Å². The molecule has 4 heteroatoms. The van der Waals surface area contributed by atoms with Gasteiger partial charge in [-0.15, -0.1) is 0 Å². The van der Waals surface area contributed by atoms with Gasteiger partial charge in [-0.1, -0.05) is 0 Å². The number of anilines is 2. The van der Waals surface area contributed by atoms with Crippen LogP contribution in [0.4, 0.5) is 11.4 Å². The van der Waals surface area contributed by atoms with E-state index in [-0.39, 0.29) is 6.61 Å². The fourth-order valence-corrected chi connectivity index (χ4v) is 1.71. The van der Waals surface area contributed by atoms with Crippen LogP contribution < -0.4 is 15.4 Å². The van der Waals surface area contributed by atoms with Gasteiger partial charge < -0.3 is 20.5 Å². The highest BCUT2D eigenvalue weighted by Gasteiger charge is 2.04. The van der Waals surface area contributed by atoms with Gasteiger partial charge in [0, 0.05) is 43.7 Å². The first kappa shape index (κ1) is 13.6. The number of methoxy groups -OCH3 is 1. The van der Waals surface area contributed by atoms with Crippen molar-refractivity contribution in [3.63, 3.8) is 0 Å². The molecule has 0 bridgehead atoms. The summed E-state index contributed by atoms with van der Waals surface area (Å²) >= 11 is 0. The Hall–Kier alpha value is -1.42. The van der Waals surface area contributed by atoms with Gasteiger partial charge in [-0.2, -0.15) is 0 Å². The Balaban J connectivity index is 2.55. The summed E-state index contributed by atoms with van der Waals surface area (Å²) in [4.78, 5) is 2.15. The molecule has 1 aromatic rings. The molecule has 0 amide bonds. The second-order valence-electron chi connectivity index (χ2n) is 4.17. The number of hydrogen-bond acceptors (Lipinski definition) is 4. The third-order valence-corrected chi connectivity index (χ3v) is 2.74. The van der Waals surface area contributed by atoms with Crippen molar-refractivity contribution < 1.29 is 9.84 Å². The van der Waals surface area contributed by atoms with E-state index in [9.17, 15) is 0 Å². The van der Waals surface area contributed by atoms with Crippen LogP contribution in [0.1, 0.15) is 19.3 Å². The van der Waals surface area contributed by atoms with E-state index < -0.39 is 0 Å². The summed E-state index contributed by atoms with van der Waals surface area (Å²) in [6.45, 7) is 1.22. The molecular weight excluding hydrogens is 216 g/mol. The van der Waals surface area contributed by atoms with E-state index in [1.54, 1.807) is 7.11 Å². The maximum atomic E-state index is 8.71. The zero-order valence-corrected chi connectivity index (χ0v) is 10.6. The SMILES string of the molecule is COc1cc(N)cc(N(C)CCCCCO)c1. The summed E-state index contributed by atoms with van der Waals surface area (Å²) < 4.78 is 5.19. The third-order valence-electron chi connectivity index (χ3n) is 2.74. The largest absolute Gasteiger partial charge is 0.497 e. The van der Waals surface area contributed by atoms with Crippen molar-refractivity contribution in [2.45, 2.75) is 19.3 Å². The zero-order valence-electron chi connectivity index (χ0n) is 10.6. The normalized spacial score (nSPS) is 10.3. The lowest BCUT2D eigenvalue weighted by Crippen LogP contribution is -2.18. The Kier molecular flexibility index (Phi) is 5.63. The number of aliphatic hydroxyl groups excluding tert-OH is 1. The first-order valence-corrected chi connectivity index (χ1v) is 5.94. The molecule has 1 aromatic carbocycles. The van der Waals surface area contributed by atoms with Crippen LogP contribution in [-0.2, 0) is 0 Å². The number of aliphatic hydroxyl groups is 1. The number of ether oxygens (including phenoxy) is 1. The summed E-state index contributed by atoms with van der Waals surface area (Å²) in [5.41, 5.74) is 7.58. The van der Waals surface area contributed by atoms with Crippen molar-refractivity contribution in [2.24, 2.45) is 0 Å². The molecule has 0 heterocycles. The van der Waals surface area contributed by atoms with Crippen molar-refractivity contribution in [1.82, 2.24) is 0 Å². The van der Waals surface area contributed by atoms with Crippen molar-refractivity contribution in [2.75, 3.05) is 37.9 Å². The molecule has 0 aliphatic carbocycles. The van der Waals surface area contributed by atoms with Crippen LogP contribution in [0.2, 0.25) is 0 Å². The second-order valence-corrected chi connectivity index (χ2v) is 4.17. The first-order chi connectivity index (χ1) is 8.17. The molecule has 96 valence electrons. The minimum absolute atomic E-state index is 0.274. The molecule has 0 aliphatic heterocycles. The average Bonchev–Trinajstić information content (AvgIpc) is 2.33. The van der Waals surface area contributed by atoms with Gasteiger partial charge in [0.15, 0.2) is 0 Å². The van der Waals surface area contributed by atoms with Crippen LogP contribution in [0.3, 0.4) is 0 Å². The Morgan fingerprint density at radius 2 is 2.00 bits per heavy atom. The standard InChI is InChI=1S/C13H22N2O2/c1-15(6-4-3-5-7-16)12-8-11(14)9-13(10-12)17-2/h8-10,16H,3-7,14H2,1-2H3. The van der Waals surface area contributed by atoms with Gasteiger partial charge in [-0.3, -0.25) is 0 Å². The van der Waals surface area contributed by atoms with Gasteiger partial charge >= 0.3 is 0 Å². The van der Waals surface area contributed by atoms with Crippen LogP contribution in [0.15, 0.2) is 18.2 Å². The number of nitrogens with zero attached hydrogens (tertiary/aromatic N) is 1. The van der Waals surface area contributed by atoms with Crippen molar-refractivity contribution in [1.29, 1.82) is 0 Å². The van der Waals surface area contributed by atoms with E-state index in [4.69, 9.17) is 15.6 Å². The fourth-order valence-electron chi connectivity index (χ4n) is 1.71. The molecule has 4 nitrogen and oxygen atoms in total. The molecule has 0 aliphatic rings. The number of hydrogen-bond donors (Lipinski definition) is 2. The van der Waals surface area contributed by atoms with E-state index in [1.807, 2.05) is 25.2 Å². The molecule has 0 fully saturated rings. The van der Waals surface area contributed by atoms with E-state index in [0.29, 0.717) is 5.69 Å². The minimum Gasteiger partial charge on any atom is -0.497 e. The van der Waals surface area contributed by atoms with Gasteiger partial charge in [0.2, 0.25) is 0 Å². The molecular formula is C13H22N2O2. The summed E-state index contributed by atoms with van der Waals surface area (Å²) in [6.07, 6.45) is 2.97. The van der Waals surface area contributed by atoms with Crippen LogP contribution in [0.5, 0.6) is 5.75 Å². The van der Waals surface area contributed by atoms with Gasteiger partial charge in [-0.05, 0) is 25.3 Å². The van der Waals surface area contributed by atoms with Gasteiger partial charge in [0.05, 0.1) is 7.11 Å². The van der Waals surface area contributed by atoms with E-state index >= 15 is 0 Å². The minimum atomic E-state index is 0.274. The van der Waals surface area contributed by atoms with Gasteiger partial charge in [0.1, 0.15) is 5.75 Å². The molecule has 0 saturated heterocycles. The Morgan fingerprint density at radius 3 is 2.65 bits per heavy atom. The van der Waals surface area contributed by atoms with Crippen molar-refractivity contribution >= 4 is 11.4 Å². The number of unbranched alkanes of at least 4 members (excludes halogenated alkanes) is 2. The number of nitrogens with two attached hydrogens (primary N) is 1. The number of benzene rings is 1. The van der Waals surface area contributed by atoms with Crippen LogP contribution in [-0.4, -0.2) is 32.4 Å². The predicted octanol–water partition coefficient (Wildman–Crippen LogP) is 1.88.